The molecule has 0 unspecified atom stereocenters. The highest BCUT2D eigenvalue weighted by atomic mass is 79.9. The lowest BCUT2D eigenvalue weighted by atomic mass is 10.2. The number of carbonyl (C=O) groups is 2. The van der Waals surface area contributed by atoms with E-state index in [0.717, 1.165) is 10.0 Å². The fourth-order valence-corrected chi connectivity index (χ4v) is 2.41. The maximum Gasteiger partial charge on any atom is 0.254 e. The monoisotopic (exact) mass is 380 g/mol. The van der Waals surface area contributed by atoms with Crippen LogP contribution in [0, 0.1) is 0 Å². The van der Waals surface area contributed by atoms with Crippen LogP contribution in [-0.2, 0) is 11.3 Å². The van der Waals surface area contributed by atoms with Crippen molar-refractivity contribution in [3.05, 3.63) is 52.4 Å². The van der Waals surface area contributed by atoms with E-state index in [1.165, 1.54) is 23.5 Å². The van der Waals surface area contributed by atoms with Crippen molar-refractivity contribution >= 4 is 27.7 Å². The van der Waals surface area contributed by atoms with Crippen LogP contribution in [0.5, 0.6) is 5.75 Å². The number of halogens is 1. The molecule has 2 rings (SSSR count). The van der Waals surface area contributed by atoms with Gasteiger partial charge in [0.05, 0.1) is 25.5 Å². The van der Waals surface area contributed by atoms with Crippen LogP contribution in [0.3, 0.4) is 0 Å². The number of amides is 2. The Kier molecular flexibility index (Phi) is 5.81. The smallest absolute Gasteiger partial charge is 0.254 e. The lowest BCUT2D eigenvalue weighted by molar-refractivity contribution is -0.129. The standard InChI is InChI=1S/C16H17BrN2O4/c1-19(9-12-7-13(17)3-4-14(12)22-2)15(20)8-18-16(21)11-5-6-23-10-11/h3-7,10H,8-9H2,1-2H3,(H,18,21). The summed E-state index contributed by atoms with van der Waals surface area (Å²) in [5.41, 5.74) is 1.26. The van der Waals surface area contributed by atoms with Gasteiger partial charge < -0.3 is 19.4 Å². The highest BCUT2D eigenvalue weighted by Gasteiger charge is 2.14. The molecule has 2 aromatic rings. The first-order chi connectivity index (χ1) is 11.0. The minimum atomic E-state index is -0.347. The zero-order valence-corrected chi connectivity index (χ0v) is 14.4. The lowest BCUT2D eigenvalue weighted by Crippen LogP contribution is -2.37. The minimum absolute atomic E-state index is 0.0865. The number of nitrogens with one attached hydrogen (secondary N) is 1. The third-order valence-electron chi connectivity index (χ3n) is 3.26. The van der Waals surface area contributed by atoms with Gasteiger partial charge in [0.1, 0.15) is 12.0 Å². The highest BCUT2D eigenvalue weighted by Crippen LogP contribution is 2.24. The summed E-state index contributed by atoms with van der Waals surface area (Å²) in [4.78, 5) is 25.4. The molecule has 0 fully saturated rings. The maximum atomic E-state index is 12.1. The van der Waals surface area contributed by atoms with E-state index in [-0.39, 0.29) is 18.4 Å². The average Bonchev–Trinajstić information content (AvgIpc) is 3.07. The van der Waals surface area contributed by atoms with E-state index in [4.69, 9.17) is 9.15 Å². The lowest BCUT2D eigenvalue weighted by Gasteiger charge is -2.19. The van der Waals surface area contributed by atoms with Crippen LogP contribution in [0.1, 0.15) is 15.9 Å². The maximum absolute atomic E-state index is 12.1. The summed E-state index contributed by atoms with van der Waals surface area (Å²) in [6, 6.07) is 7.14. The van der Waals surface area contributed by atoms with Gasteiger partial charge in [-0.25, -0.2) is 0 Å². The number of carbonyl (C=O) groups excluding carboxylic acids is 2. The average molecular weight is 381 g/mol. The van der Waals surface area contributed by atoms with Gasteiger partial charge in [-0.2, -0.15) is 0 Å². The molecule has 6 nitrogen and oxygen atoms in total. The summed E-state index contributed by atoms with van der Waals surface area (Å²) in [6.45, 7) is 0.292. The molecule has 1 heterocycles. The molecule has 2 amide bonds. The van der Waals surface area contributed by atoms with Gasteiger partial charge in [-0.1, -0.05) is 15.9 Å². The topological polar surface area (TPSA) is 71.8 Å². The molecule has 0 radical (unpaired) electrons. The van der Waals surface area contributed by atoms with Gasteiger partial charge in [0.25, 0.3) is 5.91 Å². The van der Waals surface area contributed by atoms with Crippen LogP contribution in [0.2, 0.25) is 0 Å². The van der Waals surface area contributed by atoms with Crippen LogP contribution in [0.25, 0.3) is 0 Å². The van der Waals surface area contributed by atoms with Crippen molar-refractivity contribution in [3.8, 4) is 5.75 Å². The molecule has 0 saturated heterocycles. The Morgan fingerprint density at radius 3 is 2.78 bits per heavy atom. The first-order valence-electron chi connectivity index (χ1n) is 6.88. The Hall–Kier alpha value is -2.28. The summed E-state index contributed by atoms with van der Waals surface area (Å²) in [5, 5.41) is 2.56. The molecule has 0 aliphatic heterocycles. The second-order valence-electron chi connectivity index (χ2n) is 4.90. The van der Waals surface area contributed by atoms with Gasteiger partial charge in [0.15, 0.2) is 0 Å². The summed E-state index contributed by atoms with van der Waals surface area (Å²) in [5.74, 6) is 0.152. The predicted octanol–water partition coefficient (Wildman–Crippen LogP) is 2.44. The van der Waals surface area contributed by atoms with Gasteiger partial charge in [-0.15, -0.1) is 0 Å². The number of methoxy groups -OCH3 is 1. The summed E-state index contributed by atoms with van der Waals surface area (Å²) < 4.78 is 11.0. The van der Waals surface area contributed by atoms with Crippen LogP contribution in [0.4, 0.5) is 0 Å². The van der Waals surface area contributed by atoms with E-state index in [9.17, 15) is 9.59 Å². The zero-order valence-electron chi connectivity index (χ0n) is 12.8. The minimum Gasteiger partial charge on any atom is -0.496 e. The van der Waals surface area contributed by atoms with Crippen molar-refractivity contribution in [1.29, 1.82) is 0 Å². The number of likely N-dealkylation sites (N-methyl/N-ethyl adjacent to an activating group) is 1. The zero-order chi connectivity index (χ0) is 16.8. The Bertz CT molecular complexity index is 685. The van der Waals surface area contributed by atoms with Gasteiger partial charge in [-0.3, -0.25) is 9.59 Å². The molecule has 0 atom stereocenters. The highest BCUT2D eigenvalue weighted by molar-refractivity contribution is 9.10. The number of rotatable bonds is 6. The summed E-state index contributed by atoms with van der Waals surface area (Å²) in [7, 11) is 3.26. The first-order valence-corrected chi connectivity index (χ1v) is 7.67. The Balaban J connectivity index is 1.92. The first kappa shape index (κ1) is 17.1. The number of ether oxygens (including phenoxy) is 1. The molecule has 1 aromatic carbocycles. The SMILES string of the molecule is COc1ccc(Br)cc1CN(C)C(=O)CNC(=O)c1ccoc1. The second kappa shape index (κ2) is 7.82. The van der Waals surface area contributed by atoms with Gasteiger partial charge >= 0.3 is 0 Å². The van der Waals surface area contributed by atoms with Crippen LogP contribution < -0.4 is 10.1 Å². The van der Waals surface area contributed by atoms with E-state index >= 15 is 0 Å². The number of hydrogen-bond donors (Lipinski definition) is 1. The molecule has 122 valence electrons. The molecular formula is C16H17BrN2O4. The normalized spacial score (nSPS) is 10.2. The molecule has 1 aromatic heterocycles. The van der Waals surface area contributed by atoms with Crippen molar-refractivity contribution in [2.75, 3.05) is 20.7 Å². The van der Waals surface area contributed by atoms with Crippen molar-refractivity contribution in [2.24, 2.45) is 0 Å². The Labute approximate surface area is 142 Å². The summed E-state index contributed by atoms with van der Waals surface area (Å²) >= 11 is 3.40. The van der Waals surface area contributed by atoms with E-state index in [2.05, 4.69) is 21.2 Å². The van der Waals surface area contributed by atoms with Crippen LogP contribution in [0.15, 0.2) is 45.7 Å². The molecule has 0 aliphatic carbocycles. The van der Waals surface area contributed by atoms with E-state index in [1.807, 2.05) is 18.2 Å². The molecule has 0 bridgehead atoms. The van der Waals surface area contributed by atoms with Gasteiger partial charge in [0.2, 0.25) is 5.91 Å². The predicted molar refractivity (Wildman–Crippen MR) is 88.2 cm³/mol. The number of hydrogen-bond acceptors (Lipinski definition) is 4. The molecule has 1 N–H and O–H groups in total. The quantitative estimate of drug-likeness (QED) is 0.835. The van der Waals surface area contributed by atoms with Crippen LogP contribution >= 0.6 is 15.9 Å². The molecule has 7 heteroatoms. The number of furan rings is 1. The second-order valence-corrected chi connectivity index (χ2v) is 5.82. The fraction of sp³-hybridized carbons (Fsp3) is 0.250. The Morgan fingerprint density at radius 2 is 2.13 bits per heavy atom. The molecule has 23 heavy (non-hydrogen) atoms. The van der Waals surface area contributed by atoms with Gasteiger partial charge in [0, 0.05) is 23.6 Å². The van der Waals surface area contributed by atoms with Gasteiger partial charge in [-0.05, 0) is 24.3 Å². The largest absolute Gasteiger partial charge is 0.496 e. The van der Waals surface area contributed by atoms with Crippen molar-refractivity contribution in [3.63, 3.8) is 0 Å². The van der Waals surface area contributed by atoms with E-state index in [1.54, 1.807) is 14.2 Å². The number of benzene rings is 1. The van der Waals surface area contributed by atoms with E-state index < -0.39 is 0 Å². The molecule has 0 saturated carbocycles. The Morgan fingerprint density at radius 1 is 1.35 bits per heavy atom. The summed E-state index contributed by atoms with van der Waals surface area (Å²) in [6.07, 6.45) is 2.73. The molecular weight excluding hydrogens is 364 g/mol. The van der Waals surface area contributed by atoms with Crippen molar-refractivity contribution < 1.29 is 18.7 Å². The van der Waals surface area contributed by atoms with E-state index in [0.29, 0.717) is 17.9 Å². The molecule has 0 spiro atoms. The fourth-order valence-electron chi connectivity index (χ4n) is 2.00. The van der Waals surface area contributed by atoms with Crippen molar-refractivity contribution in [1.82, 2.24) is 10.2 Å². The number of nitrogens with zero attached hydrogens (tertiary/aromatic N) is 1. The third kappa shape index (κ3) is 4.59. The van der Waals surface area contributed by atoms with Crippen molar-refractivity contribution in [2.45, 2.75) is 6.54 Å². The molecule has 0 aliphatic rings. The van der Waals surface area contributed by atoms with Crippen LogP contribution in [-0.4, -0.2) is 37.4 Å². The third-order valence-corrected chi connectivity index (χ3v) is 3.75.